The number of hydrogen-bond acceptors (Lipinski definition) is 4. The number of nitrogens with zero attached hydrogens (tertiary/aromatic N) is 2. The molecule has 0 radical (unpaired) electrons. The van der Waals surface area contributed by atoms with Gasteiger partial charge in [0, 0.05) is 13.1 Å². The molecular formula is C18H22N2O2S. The molecule has 4 nitrogen and oxygen atoms in total. The maximum absolute atomic E-state index is 12.2. The second-order valence-electron chi connectivity index (χ2n) is 5.71. The van der Waals surface area contributed by atoms with Crippen molar-refractivity contribution in [1.29, 1.82) is 0 Å². The number of thioether (sulfide) groups is 1. The Kier molecular flexibility index (Phi) is 5.39. The average Bonchev–Trinajstić information content (AvgIpc) is 2.78. The maximum atomic E-state index is 12.2. The fourth-order valence-corrected chi connectivity index (χ4v) is 3.74. The number of rotatable bonds is 3. The van der Waals surface area contributed by atoms with Gasteiger partial charge in [-0.25, -0.2) is 0 Å². The highest BCUT2D eigenvalue weighted by Crippen LogP contribution is 2.31. The molecule has 0 spiro atoms. The van der Waals surface area contributed by atoms with Crippen LogP contribution in [0.2, 0.25) is 0 Å². The van der Waals surface area contributed by atoms with Gasteiger partial charge in [0.05, 0.1) is 11.5 Å². The molecule has 0 saturated carbocycles. The van der Waals surface area contributed by atoms with Gasteiger partial charge in [-0.1, -0.05) is 25.0 Å². The van der Waals surface area contributed by atoms with E-state index in [0.717, 1.165) is 29.6 Å². The van der Waals surface area contributed by atoms with Crippen LogP contribution < -0.4 is 4.74 Å². The van der Waals surface area contributed by atoms with Gasteiger partial charge in [0.25, 0.3) is 5.91 Å². The highest BCUT2D eigenvalue weighted by molar-refractivity contribution is 8.18. The molecule has 0 N–H and O–H groups in total. The normalized spacial score (nSPS) is 20.6. The first kappa shape index (κ1) is 16.1. The minimum Gasteiger partial charge on any atom is -0.494 e. The summed E-state index contributed by atoms with van der Waals surface area (Å²) < 4.78 is 5.44. The average molecular weight is 330 g/mol. The predicted molar refractivity (Wildman–Crippen MR) is 95.7 cm³/mol. The molecule has 0 bridgehead atoms. The van der Waals surface area contributed by atoms with Crippen LogP contribution in [-0.2, 0) is 4.79 Å². The third kappa shape index (κ3) is 4.16. The molecule has 0 aromatic heterocycles. The monoisotopic (exact) mass is 330 g/mol. The van der Waals surface area contributed by atoms with Crippen molar-refractivity contribution in [3.8, 4) is 5.75 Å². The maximum Gasteiger partial charge on any atom is 0.286 e. The van der Waals surface area contributed by atoms with Crippen LogP contribution in [0.25, 0.3) is 6.08 Å². The summed E-state index contributed by atoms with van der Waals surface area (Å²) in [4.78, 5) is 19.4. The minimum absolute atomic E-state index is 0.122. The van der Waals surface area contributed by atoms with Crippen molar-refractivity contribution < 1.29 is 9.53 Å². The first-order chi connectivity index (χ1) is 11.3. The van der Waals surface area contributed by atoms with Gasteiger partial charge in [0.15, 0.2) is 5.17 Å². The van der Waals surface area contributed by atoms with E-state index < -0.39 is 0 Å². The summed E-state index contributed by atoms with van der Waals surface area (Å²) in [6.07, 6.45) is 6.84. The van der Waals surface area contributed by atoms with Crippen LogP contribution in [0.1, 0.15) is 38.2 Å². The number of hydrogen-bond donors (Lipinski definition) is 0. The van der Waals surface area contributed by atoms with Gasteiger partial charge in [0.1, 0.15) is 5.75 Å². The minimum atomic E-state index is -0.122. The van der Waals surface area contributed by atoms with Crippen molar-refractivity contribution in [2.45, 2.75) is 32.6 Å². The number of carbonyl (C=O) groups is 1. The summed E-state index contributed by atoms with van der Waals surface area (Å²) in [5.74, 6) is 0.727. The number of ether oxygens (including phenoxy) is 1. The first-order valence-corrected chi connectivity index (χ1v) is 9.08. The van der Waals surface area contributed by atoms with E-state index >= 15 is 0 Å². The lowest BCUT2D eigenvalue weighted by atomic mass is 10.2. The summed E-state index contributed by atoms with van der Waals surface area (Å²) in [6.45, 7) is 4.64. The largest absolute Gasteiger partial charge is 0.494 e. The van der Waals surface area contributed by atoms with Gasteiger partial charge in [-0.15, -0.1) is 0 Å². The molecule has 2 heterocycles. The molecule has 2 aliphatic heterocycles. The molecule has 0 atom stereocenters. The number of carbonyl (C=O) groups excluding carboxylic acids is 1. The Hall–Kier alpha value is -1.75. The zero-order valence-corrected chi connectivity index (χ0v) is 14.3. The summed E-state index contributed by atoms with van der Waals surface area (Å²) in [5.41, 5.74) is 0.997. The number of amidine groups is 1. The molecule has 2 aliphatic rings. The molecule has 122 valence electrons. The lowest BCUT2D eigenvalue weighted by Crippen LogP contribution is -2.28. The van der Waals surface area contributed by atoms with Gasteiger partial charge in [-0.3, -0.25) is 4.79 Å². The van der Waals surface area contributed by atoms with Gasteiger partial charge >= 0.3 is 0 Å². The van der Waals surface area contributed by atoms with Crippen molar-refractivity contribution in [2.24, 2.45) is 4.99 Å². The summed E-state index contributed by atoms with van der Waals surface area (Å²) >= 11 is 1.50. The Morgan fingerprint density at radius 3 is 2.52 bits per heavy atom. The van der Waals surface area contributed by atoms with E-state index in [4.69, 9.17) is 4.74 Å². The molecule has 1 saturated heterocycles. The van der Waals surface area contributed by atoms with Crippen molar-refractivity contribution in [2.75, 3.05) is 19.7 Å². The molecule has 0 unspecified atom stereocenters. The molecule has 23 heavy (non-hydrogen) atoms. The molecule has 5 heteroatoms. The second kappa shape index (κ2) is 7.68. The molecule has 1 fully saturated rings. The number of amides is 1. The van der Waals surface area contributed by atoms with Crippen LogP contribution in [0.15, 0.2) is 34.2 Å². The zero-order valence-electron chi connectivity index (χ0n) is 13.5. The fraction of sp³-hybridized carbons (Fsp3) is 0.444. The molecule has 1 aromatic carbocycles. The topological polar surface area (TPSA) is 41.9 Å². The number of aliphatic imine (C=N–C) groups is 1. The quantitative estimate of drug-likeness (QED) is 0.788. The van der Waals surface area contributed by atoms with Crippen LogP contribution in [0, 0.1) is 0 Å². The Morgan fingerprint density at radius 2 is 1.87 bits per heavy atom. The summed E-state index contributed by atoms with van der Waals surface area (Å²) in [6, 6.07) is 7.79. The van der Waals surface area contributed by atoms with E-state index in [1.807, 2.05) is 37.3 Å². The van der Waals surface area contributed by atoms with E-state index in [1.54, 1.807) is 0 Å². The van der Waals surface area contributed by atoms with Gasteiger partial charge in [-0.2, -0.15) is 4.99 Å². The van der Waals surface area contributed by atoms with Crippen LogP contribution >= 0.6 is 11.8 Å². The van der Waals surface area contributed by atoms with Crippen LogP contribution in [0.3, 0.4) is 0 Å². The third-order valence-electron chi connectivity index (χ3n) is 3.97. The lowest BCUT2D eigenvalue weighted by Gasteiger charge is -2.20. The highest BCUT2D eigenvalue weighted by Gasteiger charge is 2.26. The van der Waals surface area contributed by atoms with Gasteiger partial charge < -0.3 is 9.64 Å². The zero-order chi connectivity index (χ0) is 16.1. The SMILES string of the molecule is CCOc1ccc(/C=C2\SC(N3CCCCCC3)=NC2=O)cc1. The highest BCUT2D eigenvalue weighted by atomic mass is 32.2. The van der Waals surface area contributed by atoms with Crippen molar-refractivity contribution in [1.82, 2.24) is 4.90 Å². The Labute approximate surface area is 141 Å². The van der Waals surface area contributed by atoms with Crippen molar-refractivity contribution >= 4 is 28.9 Å². The number of benzene rings is 1. The van der Waals surface area contributed by atoms with Gasteiger partial charge in [0.2, 0.25) is 0 Å². The molecule has 0 aliphatic carbocycles. The van der Waals surface area contributed by atoms with Crippen LogP contribution in [-0.4, -0.2) is 35.7 Å². The molecule has 1 amide bonds. The van der Waals surface area contributed by atoms with Crippen molar-refractivity contribution in [3.63, 3.8) is 0 Å². The van der Waals surface area contributed by atoms with E-state index in [9.17, 15) is 4.79 Å². The Morgan fingerprint density at radius 1 is 1.17 bits per heavy atom. The molecule has 3 rings (SSSR count). The standard InChI is InChI=1S/C18H22N2O2S/c1-2-22-15-9-7-14(8-10-15)13-16-17(21)19-18(23-16)20-11-5-3-4-6-12-20/h7-10,13H,2-6,11-12H2,1H3/b16-13-. The second-order valence-corrected chi connectivity index (χ2v) is 6.72. The number of likely N-dealkylation sites (tertiary alicyclic amines) is 1. The summed E-state index contributed by atoms with van der Waals surface area (Å²) in [5, 5.41) is 0.870. The van der Waals surface area contributed by atoms with E-state index in [0.29, 0.717) is 11.5 Å². The first-order valence-electron chi connectivity index (χ1n) is 8.26. The lowest BCUT2D eigenvalue weighted by molar-refractivity contribution is -0.113. The Balaban J connectivity index is 1.68. The Bertz CT molecular complexity index is 614. The third-order valence-corrected chi connectivity index (χ3v) is 5.02. The fourth-order valence-electron chi connectivity index (χ4n) is 2.77. The van der Waals surface area contributed by atoms with Gasteiger partial charge in [-0.05, 0) is 55.3 Å². The molecular weight excluding hydrogens is 308 g/mol. The van der Waals surface area contributed by atoms with Crippen LogP contribution in [0.4, 0.5) is 0 Å². The van der Waals surface area contributed by atoms with E-state index in [2.05, 4.69) is 9.89 Å². The smallest absolute Gasteiger partial charge is 0.286 e. The van der Waals surface area contributed by atoms with E-state index in [-0.39, 0.29) is 5.91 Å². The predicted octanol–water partition coefficient (Wildman–Crippen LogP) is 3.93. The van der Waals surface area contributed by atoms with Crippen molar-refractivity contribution in [3.05, 3.63) is 34.7 Å². The van der Waals surface area contributed by atoms with Crippen LogP contribution in [0.5, 0.6) is 5.75 Å². The van der Waals surface area contributed by atoms with E-state index in [1.165, 1.54) is 37.4 Å². The molecule has 1 aromatic rings. The summed E-state index contributed by atoms with van der Waals surface area (Å²) in [7, 11) is 0.